The van der Waals surface area contributed by atoms with Gasteiger partial charge < -0.3 is 10.6 Å². The van der Waals surface area contributed by atoms with E-state index in [2.05, 4.69) is 25.7 Å². The molecule has 0 aliphatic rings. The van der Waals surface area contributed by atoms with Crippen molar-refractivity contribution in [2.45, 2.75) is 26.8 Å². The van der Waals surface area contributed by atoms with Crippen molar-refractivity contribution in [1.82, 2.24) is 0 Å². The van der Waals surface area contributed by atoms with Crippen LogP contribution in [0.3, 0.4) is 0 Å². The van der Waals surface area contributed by atoms with E-state index in [1.54, 1.807) is 6.07 Å². The molecule has 0 saturated heterocycles. The lowest BCUT2D eigenvalue weighted by Crippen LogP contribution is -2.32. The average Bonchev–Trinajstić information content (AvgIpc) is 2.17. The molecule has 0 bridgehead atoms. The molecule has 1 aromatic carbocycles. The number of amidine groups is 1. The van der Waals surface area contributed by atoms with Crippen LogP contribution in [0.1, 0.15) is 26.3 Å². The fourth-order valence-corrected chi connectivity index (χ4v) is 2.10. The number of nitrogens with two attached hydrogens (primary N) is 1. The molecule has 0 spiro atoms. The number of halogens is 1. The van der Waals surface area contributed by atoms with Crippen LogP contribution in [0.25, 0.3) is 0 Å². The first-order chi connectivity index (χ1) is 7.49. The summed E-state index contributed by atoms with van der Waals surface area (Å²) in [7, 11) is 0. The molecule has 0 aromatic heterocycles. The summed E-state index contributed by atoms with van der Waals surface area (Å²) in [5.41, 5.74) is 7.13. The first-order valence-electron chi connectivity index (χ1n) is 5.38. The van der Waals surface area contributed by atoms with Crippen LogP contribution in [-0.2, 0) is 0 Å². The Labute approximate surface area is 102 Å². The number of nitrogen functional groups attached to an aromatic ring is 1. The monoisotopic (exact) mass is 239 g/mol. The molecule has 0 fully saturated rings. The highest BCUT2D eigenvalue weighted by Crippen LogP contribution is 2.28. The van der Waals surface area contributed by atoms with E-state index in [1.807, 2.05) is 12.1 Å². The third-order valence-electron chi connectivity index (χ3n) is 2.53. The van der Waals surface area contributed by atoms with E-state index in [4.69, 9.17) is 22.7 Å². The summed E-state index contributed by atoms with van der Waals surface area (Å²) in [4.78, 5) is 2.17. The van der Waals surface area contributed by atoms with E-state index in [-0.39, 0.29) is 5.84 Å². The lowest BCUT2D eigenvalue weighted by Gasteiger charge is -2.29. The molecule has 0 amide bonds. The van der Waals surface area contributed by atoms with Crippen LogP contribution in [-0.4, -0.2) is 18.4 Å². The Hall–Kier alpha value is -1.22. The standard InChI is InChI=1S/C12H18ClN3/c1-4-16(8(2)3)10-7-5-6-9(13)11(10)12(14)15/h5-8H,4H2,1-3H3,(H3,14,15). The Morgan fingerprint density at radius 1 is 1.50 bits per heavy atom. The zero-order valence-electron chi connectivity index (χ0n) is 9.92. The summed E-state index contributed by atoms with van der Waals surface area (Å²) in [6, 6.07) is 5.94. The summed E-state index contributed by atoms with van der Waals surface area (Å²) < 4.78 is 0. The van der Waals surface area contributed by atoms with Crippen molar-refractivity contribution >= 4 is 23.1 Å². The van der Waals surface area contributed by atoms with Gasteiger partial charge in [0.15, 0.2) is 0 Å². The molecule has 3 nitrogen and oxygen atoms in total. The van der Waals surface area contributed by atoms with Gasteiger partial charge in [-0.25, -0.2) is 0 Å². The van der Waals surface area contributed by atoms with E-state index >= 15 is 0 Å². The molecule has 16 heavy (non-hydrogen) atoms. The topological polar surface area (TPSA) is 53.1 Å². The summed E-state index contributed by atoms with van der Waals surface area (Å²) in [6.45, 7) is 7.14. The minimum atomic E-state index is 0.0136. The van der Waals surface area contributed by atoms with Crippen molar-refractivity contribution in [1.29, 1.82) is 5.41 Å². The Bertz CT molecular complexity index is 388. The van der Waals surface area contributed by atoms with Gasteiger partial charge in [0, 0.05) is 18.3 Å². The van der Waals surface area contributed by atoms with Gasteiger partial charge in [0.2, 0.25) is 0 Å². The van der Waals surface area contributed by atoms with Crippen molar-refractivity contribution < 1.29 is 0 Å². The first-order valence-corrected chi connectivity index (χ1v) is 5.76. The Morgan fingerprint density at radius 3 is 2.56 bits per heavy atom. The van der Waals surface area contributed by atoms with Crippen LogP contribution in [0, 0.1) is 5.41 Å². The van der Waals surface area contributed by atoms with Crippen molar-refractivity contribution in [2.75, 3.05) is 11.4 Å². The Morgan fingerprint density at radius 2 is 2.12 bits per heavy atom. The van der Waals surface area contributed by atoms with E-state index in [1.165, 1.54) is 0 Å². The second-order valence-corrected chi connectivity index (χ2v) is 4.33. The fourth-order valence-electron chi connectivity index (χ4n) is 1.83. The molecule has 0 radical (unpaired) electrons. The first kappa shape index (κ1) is 12.8. The van der Waals surface area contributed by atoms with Crippen LogP contribution < -0.4 is 10.6 Å². The van der Waals surface area contributed by atoms with Crippen LogP contribution in [0.15, 0.2) is 18.2 Å². The number of nitrogens with one attached hydrogen (secondary N) is 1. The summed E-state index contributed by atoms with van der Waals surface area (Å²) in [5, 5.41) is 8.12. The SMILES string of the molecule is CCN(c1cccc(Cl)c1C(=N)N)C(C)C. The number of rotatable bonds is 4. The van der Waals surface area contributed by atoms with Gasteiger partial charge in [-0.05, 0) is 32.9 Å². The highest BCUT2D eigenvalue weighted by Gasteiger charge is 2.16. The zero-order chi connectivity index (χ0) is 12.3. The molecule has 0 atom stereocenters. The lowest BCUT2D eigenvalue weighted by molar-refractivity contribution is 0.703. The lowest BCUT2D eigenvalue weighted by atomic mass is 10.1. The number of anilines is 1. The quantitative estimate of drug-likeness (QED) is 0.627. The Balaban J connectivity index is 3.31. The molecule has 0 saturated carbocycles. The van der Waals surface area contributed by atoms with Gasteiger partial charge in [0.05, 0.1) is 10.6 Å². The smallest absolute Gasteiger partial charge is 0.126 e. The van der Waals surface area contributed by atoms with Crippen LogP contribution in [0.4, 0.5) is 5.69 Å². The molecule has 3 N–H and O–H groups in total. The third kappa shape index (κ3) is 2.47. The molecule has 4 heteroatoms. The van der Waals surface area contributed by atoms with Crippen LogP contribution in [0.2, 0.25) is 5.02 Å². The zero-order valence-corrected chi connectivity index (χ0v) is 10.7. The van der Waals surface area contributed by atoms with Crippen molar-refractivity contribution in [3.8, 4) is 0 Å². The number of benzene rings is 1. The molecular formula is C12H18ClN3. The van der Waals surface area contributed by atoms with E-state index in [0.717, 1.165) is 12.2 Å². The summed E-state index contributed by atoms with van der Waals surface area (Å²) in [6.07, 6.45) is 0. The average molecular weight is 240 g/mol. The molecular weight excluding hydrogens is 222 g/mol. The van der Waals surface area contributed by atoms with Gasteiger partial charge in [-0.2, -0.15) is 0 Å². The maximum absolute atomic E-state index is 7.59. The van der Waals surface area contributed by atoms with Gasteiger partial charge in [-0.15, -0.1) is 0 Å². The minimum Gasteiger partial charge on any atom is -0.384 e. The van der Waals surface area contributed by atoms with Gasteiger partial charge >= 0.3 is 0 Å². The molecule has 0 heterocycles. The van der Waals surface area contributed by atoms with Gasteiger partial charge in [-0.3, -0.25) is 5.41 Å². The highest BCUT2D eigenvalue weighted by atomic mass is 35.5. The second kappa shape index (κ2) is 5.21. The molecule has 0 aliphatic heterocycles. The second-order valence-electron chi connectivity index (χ2n) is 3.93. The predicted molar refractivity (Wildman–Crippen MR) is 70.6 cm³/mol. The largest absolute Gasteiger partial charge is 0.384 e. The minimum absolute atomic E-state index is 0.0136. The third-order valence-corrected chi connectivity index (χ3v) is 2.85. The maximum atomic E-state index is 7.59. The normalized spacial score (nSPS) is 10.6. The van der Waals surface area contributed by atoms with Crippen LogP contribution >= 0.6 is 11.6 Å². The number of nitrogens with zero attached hydrogens (tertiary/aromatic N) is 1. The van der Waals surface area contributed by atoms with E-state index in [9.17, 15) is 0 Å². The predicted octanol–water partition coefficient (Wildman–Crippen LogP) is 2.86. The van der Waals surface area contributed by atoms with Gasteiger partial charge in [-0.1, -0.05) is 17.7 Å². The Kier molecular flexibility index (Phi) is 4.19. The number of hydrogen-bond donors (Lipinski definition) is 2. The van der Waals surface area contributed by atoms with Crippen molar-refractivity contribution in [2.24, 2.45) is 5.73 Å². The van der Waals surface area contributed by atoms with Crippen molar-refractivity contribution in [3.63, 3.8) is 0 Å². The summed E-state index contributed by atoms with van der Waals surface area (Å²) in [5.74, 6) is 0.0136. The van der Waals surface area contributed by atoms with Crippen LogP contribution in [0.5, 0.6) is 0 Å². The molecule has 1 rings (SSSR count). The van der Waals surface area contributed by atoms with E-state index < -0.39 is 0 Å². The van der Waals surface area contributed by atoms with E-state index in [0.29, 0.717) is 16.6 Å². The molecule has 0 aliphatic carbocycles. The molecule has 0 unspecified atom stereocenters. The van der Waals surface area contributed by atoms with Crippen molar-refractivity contribution in [3.05, 3.63) is 28.8 Å². The fraction of sp³-hybridized carbons (Fsp3) is 0.417. The molecule has 88 valence electrons. The van der Waals surface area contributed by atoms with Gasteiger partial charge in [0.25, 0.3) is 0 Å². The number of hydrogen-bond acceptors (Lipinski definition) is 2. The maximum Gasteiger partial charge on any atom is 0.126 e. The highest BCUT2D eigenvalue weighted by molar-refractivity contribution is 6.34. The summed E-state index contributed by atoms with van der Waals surface area (Å²) >= 11 is 6.08. The van der Waals surface area contributed by atoms with Gasteiger partial charge in [0.1, 0.15) is 5.84 Å². The molecule has 1 aromatic rings.